The predicted octanol–water partition coefficient (Wildman–Crippen LogP) is 5.77. The van der Waals surface area contributed by atoms with Gasteiger partial charge in [-0.15, -0.1) is 0 Å². The molecule has 0 saturated heterocycles. The molecule has 0 saturated carbocycles. The molecular weight excluding hydrogens is 348 g/mol. The second-order valence-corrected chi connectivity index (χ2v) is 12.9. The molecule has 0 bridgehead atoms. The highest BCUT2D eigenvalue weighted by Crippen LogP contribution is 2.37. The van der Waals surface area contributed by atoms with Crippen LogP contribution in [0.1, 0.15) is 5.56 Å². The van der Waals surface area contributed by atoms with E-state index in [1.165, 1.54) is 5.19 Å². The minimum Gasteiger partial charge on any atom is -0.454 e. The molecule has 0 fully saturated rings. The summed E-state index contributed by atoms with van der Waals surface area (Å²) in [4.78, 5) is 2.04. The van der Waals surface area contributed by atoms with E-state index in [0.29, 0.717) is 5.56 Å². The molecule has 4 aromatic rings. The van der Waals surface area contributed by atoms with Crippen molar-refractivity contribution in [3.8, 4) is 6.07 Å². The van der Waals surface area contributed by atoms with Gasteiger partial charge in [-0.25, -0.2) is 0 Å². The number of rotatable bonds is 3. The molecule has 0 aliphatic heterocycles. The van der Waals surface area contributed by atoms with E-state index >= 15 is 0 Å². The van der Waals surface area contributed by atoms with Crippen molar-refractivity contribution in [1.29, 1.82) is 5.26 Å². The molecule has 0 unspecified atom stereocenters. The molecule has 1 aromatic heterocycles. The van der Waals surface area contributed by atoms with Crippen molar-refractivity contribution in [2.24, 2.45) is 0 Å². The van der Waals surface area contributed by atoms with Crippen molar-refractivity contribution in [2.45, 2.75) is 19.6 Å². The summed E-state index contributed by atoms with van der Waals surface area (Å²) in [5.41, 5.74) is 4.36. The van der Waals surface area contributed by atoms with E-state index in [2.05, 4.69) is 56.0 Å². The molecule has 0 N–H and O–H groups in total. The topological polar surface area (TPSA) is 40.2 Å². The molecule has 4 rings (SSSR count). The summed E-state index contributed by atoms with van der Waals surface area (Å²) < 4.78 is 6.47. The van der Waals surface area contributed by atoms with Crippen LogP contribution in [-0.2, 0) is 0 Å². The van der Waals surface area contributed by atoms with Gasteiger partial charge in [-0.05, 0) is 23.4 Å². The van der Waals surface area contributed by atoms with Crippen LogP contribution in [0.5, 0.6) is 0 Å². The third-order valence-corrected chi connectivity index (χ3v) is 7.07. The zero-order chi connectivity index (χ0) is 19.2. The third kappa shape index (κ3) is 2.81. The first-order valence-electron chi connectivity index (χ1n) is 9.09. The van der Waals surface area contributed by atoms with Crippen molar-refractivity contribution >= 4 is 46.6 Å². The number of hydrogen-bond donors (Lipinski definition) is 0. The van der Waals surface area contributed by atoms with Gasteiger partial charge in [0.1, 0.15) is 11.7 Å². The quantitative estimate of drug-likeness (QED) is 0.430. The zero-order valence-corrected chi connectivity index (χ0v) is 17.1. The van der Waals surface area contributed by atoms with Gasteiger partial charge in [-0.3, -0.25) is 0 Å². The summed E-state index contributed by atoms with van der Waals surface area (Å²) in [6, 6.07) is 22.6. The Morgan fingerprint density at radius 2 is 1.44 bits per heavy atom. The van der Waals surface area contributed by atoms with Crippen LogP contribution in [0, 0.1) is 11.3 Å². The van der Waals surface area contributed by atoms with Gasteiger partial charge < -0.3 is 9.32 Å². The predicted molar refractivity (Wildman–Crippen MR) is 116 cm³/mol. The molecule has 3 nitrogen and oxygen atoms in total. The number of furan rings is 1. The first-order chi connectivity index (χ1) is 12.9. The Morgan fingerprint density at radius 3 is 2.15 bits per heavy atom. The molecule has 0 spiro atoms. The highest BCUT2D eigenvalue weighted by atomic mass is 28.3. The van der Waals surface area contributed by atoms with Crippen LogP contribution in [0.3, 0.4) is 0 Å². The minimum absolute atomic E-state index is 0.649. The van der Waals surface area contributed by atoms with Gasteiger partial charge in [-0.1, -0.05) is 62.1 Å². The lowest BCUT2D eigenvalue weighted by molar-refractivity contribution is 0.671. The standard InChI is InChI=1S/C23H22N2OSi/c1-25(19-12-6-5-9-16(19)15-24)20-13-7-10-17-18-11-8-14-21(27(2,3)4)23(18)26-22(17)20/h5-14H,1-4H3. The molecule has 134 valence electrons. The van der Waals surface area contributed by atoms with E-state index < -0.39 is 8.07 Å². The van der Waals surface area contributed by atoms with E-state index in [9.17, 15) is 5.26 Å². The molecule has 4 heteroatoms. The number of nitriles is 1. The third-order valence-electron chi connectivity index (χ3n) is 5.06. The fourth-order valence-corrected chi connectivity index (χ4v) is 5.11. The Balaban J connectivity index is 1.99. The van der Waals surface area contributed by atoms with Gasteiger partial charge in [0.15, 0.2) is 5.58 Å². The molecule has 1 heterocycles. The molecule has 0 amide bonds. The van der Waals surface area contributed by atoms with E-state index in [1.807, 2.05) is 42.3 Å². The normalized spacial score (nSPS) is 11.7. The molecule has 0 aliphatic rings. The maximum absolute atomic E-state index is 9.47. The number of para-hydroxylation sites is 3. The number of fused-ring (bicyclic) bond motifs is 3. The van der Waals surface area contributed by atoms with Gasteiger partial charge in [0.05, 0.1) is 25.0 Å². The lowest BCUT2D eigenvalue weighted by Gasteiger charge is -2.20. The second-order valence-electron chi connectivity index (χ2n) is 7.88. The van der Waals surface area contributed by atoms with Gasteiger partial charge in [0.2, 0.25) is 0 Å². The fraction of sp³-hybridized carbons (Fsp3) is 0.174. The minimum atomic E-state index is -1.53. The van der Waals surface area contributed by atoms with Crippen molar-refractivity contribution < 1.29 is 4.42 Å². The summed E-state index contributed by atoms with van der Waals surface area (Å²) in [7, 11) is 0.449. The average molecular weight is 371 g/mol. The smallest absolute Gasteiger partial charge is 0.159 e. The van der Waals surface area contributed by atoms with E-state index in [-0.39, 0.29) is 0 Å². The second kappa shape index (κ2) is 6.29. The van der Waals surface area contributed by atoms with E-state index in [4.69, 9.17) is 4.42 Å². The highest BCUT2D eigenvalue weighted by Gasteiger charge is 2.23. The van der Waals surface area contributed by atoms with Crippen LogP contribution in [-0.4, -0.2) is 15.1 Å². The van der Waals surface area contributed by atoms with Crippen molar-refractivity contribution in [1.82, 2.24) is 0 Å². The maximum atomic E-state index is 9.47. The maximum Gasteiger partial charge on any atom is 0.159 e. The Labute approximate surface area is 160 Å². The summed E-state index contributed by atoms with van der Waals surface area (Å²) in [5.74, 6) is 0. The van der Waals surface area contributed by atoms with Crippen molar-refractivity contribution in [3.63, 3.8) is 0 Å². The Morgan fingerprint density at radius 1 is 0.815 bits per heavy atom. The Kier molecular flexibility index (Phi) is 4.05. The van der Waals surface area contributed by atoms with Gasteiger partial charge >= 0.3 is 0 Å². The molecular formula is C23H22N2OSi. The highest BCUT2D eigenvalue weighted by molar-refractivity contribution is 6.90. The molecule has 27 heavy (non-hydrogen) atoms. The number of nitrogens with zero attached hydrogens (tertiary/aromatic N) is 2. The molecule has 0 atom stereocenters. The Hall–Kier alpha value is -3.03. The van der Waals surface area contributed by atoms with Crippen LogP contribution < -0.4 is 10.1 Å². The van der Waals surface area contributed by atoms with Crippen molar-refractivity contribution in [3.05, 3.63) is 66.2 Å². The molecule has 0 aliphatic carbocycles. The van der Waals surface area contributed by atoms with E-state index in [0.717, 1.165) is 33.3 Å². The summed E-state index contributed by atoms with van der Waals surface area (Å²) in [6.45, 7) is 7.02. The van der Waals surface area contributed by atoms with Crippen LogP contribution in [0.25, 0.3) is 21.9 Å². The Bertz CT molecular complexity index is 1190. The van der Waals surface area contributed by atoms with Gasteiger partial charge in [-0.2, -0.15) is 5.26 Å². The van der Waals surface area contributed by atoms with Crippen LogP contribution in [0.2, 0.25) is 19.6 Å². The van der Waals surface area contributed by atoms with E-state index in [1.54, 1.807) is 0 Å². The zero-order valence-electron chi connectivity index (χ0n) is 16.1. The van der Waals surface area contributed by atoms with Crippen LogP contribution in [0.15, 0.2) is 65.1 Å². The molecule has 3 aromatic carbocycles. The fourth-order valence-electron chi connectivity index (χ4n) is 3.65. The van der Waals surface area contributed by atoms with Crippen molar-refractivity contribution in [2.75, 3.05) is 11.9 Å². The summed E-state index contributed by atoms with van der Waals surface area (Å²) >= 11 is 0. The lowest BCUT2D eigenvalue weighted by Crippen LogP contribution is -2.37. The first-order valence-corrected chi connectivity index (χ1v) is 12.6. The number of anilines is 2. The lowest BCUT2D eigenvalue weighted by atomic mass is 10.1. The number of benzene rings is 3. The van der Waals surface area contributed by atoms with Gasteiger partial charge in [0.25, 0.3) is 0 Å². The largest absolute Gasteiger partial charge is 0.454 e. The monoisotopic (exact) mass is 370 g/mol. The first kappa shape index (κ1) is 17.4. The van der Waals surface area contributed by atoms with Crippen LogP contribution >= 0.6 is 0 Å². The summed E-state index contributed by atoms with van der Waals surface area (Å²) in [5, 5.41) is 13.1. The SMILES string of the molecule is CN(c1ccccc1C#N)c1cccc2c1oc1c([Si](C)(C)C)cccc12. The van der Waals surface area contributed by atoms with Gasteiger partial charge in [0, 0.05) is 17.8 Å². The molecule has 0 radical (unpaired) electrons. The number of hydrogen-bond acceptors (Lipinski definition) is 3. The van der Waals surface area contributed by atoms with Crippen LogP contribution in [0.4, 0.5) is 11.4 Å². The average Bonchev–Trinajstić information content (AvgIpc) is 3.05. The summed E-state index contributed by atoms with van der Waals surface area (Å²) in [6.07, 6.45) is 0.